The van der Waals surface area contributed by atoms with Crippen molar-refractivity contribution in [2.45, 2.75) is 71.5 Å². The van der Waals surface area contributed by atoms with Gasteiger partial charge in [-0.3, -0.25) is 4.98 Å². The fraction of sp³-hybridized carbons (Fsp3) is 0.611. The number of aromatic nitrogens is 4. The molecular weight excluding hydrogens is 318 g/mol. The summed E-state index contributed by atoms with van der Waals surface area (Å²) in [5, 5.41) is 6.24. The van der Waals surface area contributed by atoms with Gasteiger partial charge in [-0.2, -0.15) is 0 Å². The van der Waals surface area contributed by atoms with Crippen LogP contribution < -0.4 is 9.45 Å². The molecule has 7 heteroatoms. The fourth-order valence-electron chi connectivity index (χ4n) is 3.47. The molecule has 0 bridgehead atoms. The van der Waals surface area contributed by atoms with E-state index >= 15 is 0 Å². The molecule has 25 heavy (non-hydrogen) atoms. The molecule has 0 amide bonds. The minimum absolute atomic E-state index is 0.0796. The Labute approximate surface area is 149 Å². The second-order valence-corrected chi connectivity index (χ2v) is 7.82. The molecule has 2 aromatic heterocycles. The van der Waals surface area contributed by atoms with Gasteiger partial charge in [-0.05, 0) is 53.9 Å². The molecule has 1 fully saturated rings. The van der Waals surface area contributed by atoms with Crippen LogP contribution in [0.3, 0.4) is 0 Å². The predicted molar refractivity (Wildman–Crippen MR) is 92.8 cm³/mol. The molecule has 136 valence electrons. The zero-order chi connectivity index (χ0) is 18.1. The molecule has 1 aliphatic rings. The summed E-state index contributed by atoms with van der Waals surface area (Å²) in [5.74, 6) is 0.562. The first-order valence-corrected chi connectivity index (χ1v) is 8.86. The van der Waals surface area contributed by atoms with E-state index in [2.05, 4.69) is 37.8 Å². The molecule has 7 nitrogen and oxygen atoms in total. The molecule has 0 atom stereocenters. The lowest BCUT2D eigenvalue weighted by atomic mass is 9.82. The van der Waals surface area contributed by atoms with E-state index in [9.17, 15) is 0 Å². The smallest absolute Gasteiger partial charge is 0.270 e. The summed E-state index contributed by atoms with van der Waals surface area (Å²) >= 11 is 0. The van der Waals surface area contributed by atoms with Gasteiger partial charge in [-0.15, -0.1) is 9.75 Å². The van der Waals surface area contributed by atoms with E-state index < -0.39 is 0 Å². The summed E-state index contributed by atoms with van der Waals surface area (Å²) < 4.78 is 3.75. The third-order valence-electron chi connectivity index (χ3n) is 4.79. The molecule has 0 spiro atoms. The maximum absolute atomic E-state index is 5.78. The minimum Gasteiger partial charge on any atom is -0.317 e. The Hall–Kier alpha value is -1.99. The van der Waals surface area contributed by atoms with Gasteiger partial charge in [0.25, 0.3) is 6.33 Å². The Morgan fingerprint density at radius 3 is 2.52 bits per heavy atom. The molecule has 3 rings (SSSR count). The van der Waals surface area contributed by atoms with Gasteiger partial charge in [0, 0.05) is 22.2 Å². The third-order valence-corrected chi connectivity index (χ3v) is 4.79. The maximum atomic E-state index is 5.78. The quantitative estimate of drug-likeness (QED) is 0.473. The molecule has 0 N–H and O–H groups in total. The van der Waals surface area contributed by atoms with Crippen molar-refractivity contribution in [3.05, 3.63) is 31.1 Å². The average Bonchev–Trinajstić information content (AvgIpc) is 3.02. The molecule has 0 saturated carbocycles. The van der Waals surface area contributed by atoms with E-state index in [1.807, 2.05) is 33.6 Å². The Morgan fingerprint density at radius 2 is 1.88 bits per heavy atom. The van der Waals surface area contributed by atoms with E-state index in [0.29, 0.717) is 5.75 Å². The van der Waals surface area contributed by atoms with Crippen molar-refractivity contribution >= 4 is 0 Å². The standard InChI is InChI=1S/C18H28N5O2/c1-6-22-14-21(13-20-22)15-10-16(12-19-11-15)24-25-23-17(2,3)8-7-9-18(23,4)5/h10-14H,6-9H2,1-5H3/q+1. The van der Waals surface area contributed by atoms with E-state index in [0.717, 1.165) is 25.1 Å². The number of hydroxylamine groups is 2. The second-order valence-electron chi connectivity index (χ2n) is 7.82. The summed E-state index contributed by atoms with van der Waals surface area (Å²) in [7, 11) is 0. The van der Waals surface area contributed by atoms with Gasteiger partial charge < -0.3 is 4.89 Å². The highest BCUT2D eigenvalue weighted by Gasteiger charge is 2.43. The molecular formula is C18H28N5O2+. The van der Waals surface area contributed by atoms with Crippen molar-refractivity contribution in [3.63, 3.8) is 0 Å². The molecule has 0 radical (unpaired) electrons. The molecule has 0 unspecified atom stereocenters. The van der Waals surface area contributed by atoms with E-state index in [1.54, 1.807) is 18.7 Å². The molecule has 2 aromatic rings. The van der Waals surface area contributed by atoms with Crippen molar-refractivity contribution in [2.24, 2.45) is 0 Å². The zero-order valence-corrected chi connectivity index (χ0v) is 15.8. The molecule has 3 heterocycles. The predicted octanol–water partition coefficient (Wildman–Crippen LogP) is 2.84. The van der Waals surface area contributed by atoms with Gasteiger partial charge in [-0.1, -0.05) is 4.99 Å². The fourth-order valence-corrected chi connectivity index (χ4v) is 3.47. The SMILES string of the molecule is CCn1c[n+](-c2cncc(OON3C(C)(C)CCCC3(C)C)c2)cn1. The summed E-state index contributed by atoms with van der Waals surface area (Å²) in [6.07, 6.45) is 10.4. The highest BCUT2D eigenvalue weighted by molar-refractivity contribution is 5.27. The summed E-state index contributed by atoms with van der Waals surface area (Å²) in [6, 6.07) is 1.89. The summed E-state index contributed by atoms with van der Waals surface area (Å²) in [4.78, 5) is 15.7. The first kappa shape index (κ1) is 17.8. The number of hydrogen-bond acceptors (Lipinski definition) is 5. The average molecular weight is 346 g/mol. The van der Waals surface area contributed by atoms with Crippen LogP contribution in [0.5, 0.6) is 5.75 Å². The number of pyridine rings is 1. The lowest BCUT2D eigenvalue weighted by Crippen LogP contribution is -2.58. The van der Waals surface area contributed by atoms with Crippen LogP contribution in [0.25, 0.3) is 5.69 Å². The Kier molecular flexibility index (Phi) is 4.79. The molecule has 0 aliphatic carbocycles. The van der Waals surface area contributed by atoms with Crippen LogP contribution >= 0.6 is 0 Å². The van der Waals surface area contributed by atoms with Crippen molar-refractivity contribution in [2.75, 3.05) is 0 Å². The van der Waals surface area contributed by atoms with Gasteiger partial charge in [0.2, 0.25) is 6.33 Å². The molecule has 1 saturated heterocycles. The molecule has 0 aromatic carbocycles. The highest BCUT2D eigenvalue weighted by Crippen LogP contribution is 2.38. The second kappa shape index (κ2) is 6.72. The lowest BCUT2D eigenvalue weighted by Gasteiger charge is -2.49. The van der Waals surface area contributed by atoms with Crippen LogP contribution in [0.15, 0.2) is 31.1 Å². The topological polar surface area (TPSA) is 56.3 Å². The van der Waals surface area contributed by atoms with Gasteiger partial charge in [-0.25, -0.2) is 4.57 Å². The first-order valence-electron chi connectivity index (χ1n) is 8.86. The van der Waals surface area contributed by atoms with Gasteiger partial charge in [0.05, 0.1) is 12.4 Å². The highest BCUT2D eigenvalue weighted by atomic mass is 17.3. The summed E-state index contributed by atoms with van der Waals surface area (Å²) in [5.41, 5.74) is 0.714. The van der Waals surface area contributed by atoms with E-state index in [4.69, 9.17) is 9.88 Å². The number of piperidine rings is 1. The van der Waals surface area contributed by atoms with Gasteiger partial charge >= 0.3 is 0 Å². The number of nitrogens with zero attached hydrogens (tertiary/aromatic N) is 5. The minimum atomic E-state index is -0.0796. The van der Waals surface area contributed by atoms with Gasteiger partial charge in [0.15, 0.2) is 5.75 Å². The maximum Gasteiger partial charge on any atom is 0.270 e. The monoisotopic (exact) mass is 346 g/mol. The normalized spacial score (nSPS) is 19.7. The number of aryl methyl sites for hydroxylation is 1. The largest absolute Gasteiger partial charge is 0.317 e. The van der Waals surface area contributed by atoms with Crippen LogP contribution in [0.1, 0.15) is 53.9 Å². The van der Waals surface area contributed by atoms with Crippen molar-refractivity contribution in [1.82, 2.24) is 19.8 Å². The zero-order valence-electron chi connectivity index (χ0n) is 15.8. The number of rotatable bonds is 5. The van der Waals surface area contributed by atoms with Gasteiger partial charge in [0.1, 0.15) is 12.2 Å². The third kappa shape index (κ3) is 3.82. The Balaban J connectivity index is 1.74. The Bertz CT molecular complexity index is 710. The lowest BCUT2D eigenvalue weighted by molar-refractivity contribution is -0.596. The van der Waals surface area contributed by atoms with E-state index in [1.165, 1.54) is 6.42 Å². The Morgan fingerprint density at radius 1 is 1.16 bits per heavy atom. The van der Waals surface area contributed by atoms with Crippen molar-refractivity contribution in [3.8, 4) is 11.4 Å². The van der Waals surface area contributed by atoms with Crippen molar-refractivity contribution < 1.29 is 14.4 Å². The van der Waals surface area contributed by atoms with Crippen LogP contribution in [-0.4, -0.2) is 30.9 Å². The molecule has 1 aliphatic heterocycles. The van der Waals surface area contributed by atoms with Crippen LogP contribution in [0, 0.1) is 0 Å². The van der Waals surface area contributed by atoms with Crippen molar-refractivity contribution in [1.29, 1.82) is 0 Å². The van der Waals surface area contributed by atoms with E-state index in [-0.39, 0.29) is 11.1 Å². The number of hydrogen-bond donors (Lipinski definition) is 0. The first-order chi connectivity index (χ1) is 11.8. The van der Waals surface area contributed by atoms with Crippen LogP contribution in [0.4, 0.5) is 0 Å². The van der Waals surface area contributed by atoms with Crippen LogP contribution in [-0.2, 0) is 11.5 Å². The summed E-state index contributed by atoms with van der Waals surface area (Å²) in [6.45, 7) is 11.6. The van der Waals surface area contributed by atoms with Crippen LogP contribution in [0.2, 0.25) is 0 Å².